The van der Waals surface area contributed by atoms with Crippen molar-refractivity contribution >= 4 is 45.8 Å². The number of fused-ring (bicyclic) bond motifs is 1. The summed E-state index contributed by atoms with van der Waals surface area (Å²) in [6.45, 7) is 0.760. The Labute approximate surface area is 137 Å². The van der Waals surface area contributed by atoms with Crippen LogP contribution in [0.1, 0.15) is 11.5 Å². The Balaban J connectivity index is 2.00. The van der Waals surface area contributed by atoms with Gasteiger partial charge < -0.3 is 4.57 Å². The van der Waals surface area contributed by atoms with E-state index < -0.39 is 0 Å². The Morgan fingerprint density at radius 1 is 1.19 bits per heavy atom. The van der Waals surface area contributed by atoms with Crippen LogP contribution in [0.25, 0.3) is 11.0 Å². The highest BCUT2D eigenvalue weighted by Crippen LogP contribution is 2.29. The molecule has 7 heteroatoms. The van der Waals surface area contributed by atoms with Gasteiger partial charge in [0, 0.05) is 31.9 Å². The monoisotopic (exact) mass is 342 g/mol. The fourth-order valence-electron chi connectivity index (χ4n) is 2.39. The number of rotatable bonds is 4. The van der Waals surface area contributed by atoms with E-state index in [1.807, 2.05) is 23.9 Å². The zero-order chi connectivity index (χ0) is 15.0. The Kier molecular flexibility index (Phi) is 4.11. The van der Waals surface area contributed by atoms with Crippen LogP contribution in [-0.4, -0.2) is 19.3 Å². The summed E-state index contributed by atoms with van der Waals surface area (Å²) in [6.07, 6.45) is 2.63. The van der Waals surface area contributed by atoms with Crippen LogP contribution in [0, 0.1) is 0 Å². The van der Waals surface area contributed by atoms with Crippen molar-refractivity contribution in [2.75, 3.05) is 0 Å². The maximum atomic E-state index is 6.12. The first-order valence-corrected chi connectivity index (χ1v) is 7.76. The van der Waals surface area contributed by atoms with Crippen LogP contribution >= 0.6 is 34.8 Å². The molecule has 2 heterocycles. The minimum absolute atomic E-state index is 0.343. The second-order valence-electron chi connectivity index (χ2n) is 4.76. The first kappa shape index (κ1) is 14.7. The van der Waals surface area contributed by atoms with Gasteiger partial charge in [0.05, 0.1) is 27.0 Å². The number of alkyl halides is 1. The number of halogens is 3. The lowest BCUT2D eigenvalue weighted by atomic mass is 10.3. The van der Waals surface area contributed by atoms with Crippen molar-refractivity contribution < 1.29 is 0 Å². The van der Waals surface area contributed by atoms with Crippen LogP contribution in [0.3, 0.4) is 0 Å². The molecule has 0 aliphatic carbocycles. The minimum atomic E-state index is 0.343. The van der Waals surface area contributed by atoms with Crippen molar-refractivity contribution in [3.63, 3.8) is 0 Å². The fourth-order valence-corrected chi connectivity index (χ4v) is 2.91. The molecule has 3 rings (SSSR count). The highest BCUT2D eigenvalue weighted by Gasteiger charge is 2.13. The molecule has 0 aliphatic heterocycles. The van der Waals surface area contributed by atoms with Gasteiger partial charge in [-0.05, 0) is 18.2 Å². The van der Waals surface area contributed by atoms with Gasteiger partial charge in [0.2, 0.25) is 0 Å². The molecule has 110 valence electrons. The first-order chi connectivity index (χ1) is 10.1. The van der Waals surface area contributed by atoms with Gasteiger partial charge in [-0.15, -0.1) is 11.6 Å². The number of nitrogens with zero attached hydrogens (tertiary/aromatic N) is 4. The van der Waals surface area contributed by atoms with E-state index in [9.17, 15) is 0 Å². The van der Waals surface area contributed by atoms with E-state index in [-0.39, 0.29) is 0 Å². The van der Waals surface area contributed by atoms with E-state index in [1.54, 1.807) is 12.3 Å². The van der Waals surface area contributed by atoms with E-state index in [0.29, 0.717) is 15.9 Å². The maximum Gasteiger partial charge on any atom is 0.124 e. The molecule has 0 saturated carbocycles. The largest absolute Gasteiger partial charge is 0.327 e. The summed E-state index contributed by atoms with van der Waals surface area (Å²) in [5.74, 6) is 1.15. The van der Waals surface area contributed by atoms with E-state index in [2.05, 4.69) is 14.6 Å². The van der Waals surface area contributed by atoms with Gasteiger partial charge >= 0.3 is 0 Å². The van der Waals surface area contributed by atoms with Crippen LogP contribution in [0.5, 0.6) is 0 Å². The van der Waals surface area contributed by atoms with Gasteiger partial charge in [0.25, 0.3) is 0 Å². The zero-order valence-corrected chi connectivity index (χ0v) is 13.6. The van der Waals surface area contributed by atoms with Crippen molar-refractivity contribution in [1.29, 1.82) is 0 Å². The standard InChI is InChI=1S/C14H13Cl3N4/c1-20-9(2-4-18-20)3-5-21-13-7-11(17)10(16)6-12(13)19-14(21)8-15/h2,4,6-7H,3,5,8H2,1H3. The molecule has 0 fully saturated rings. The van der Waals surface area contributed by atoms with Crippen molar-refractivity contribution in [1.82, 2.24) is 19.3 Å². The van der Waals surface area contributed by atoms with Crippen molar-refractivity contribution in [3.8, 4) is 0 Å². The number of hydrogen-bond donors (Lipinski definition) is 0. The quantitative estimate of drug-likeness (QED) is 0.670. The fraction of sp³-hybridized carbons (Fsp3) is 0.286. The molecule has 3 aromatic rings. The number of benzene rings is 1. The predicted molar refractivity (Wildman–Crippen MR) is 86.2 cm³/mol. The smallest absolute Gasteiger partial charge is 0.124 e. The Hall–Kier alpha value is -1.23. The molecule has 0 aliphatic rings. The molecule has 0 spiro atoms. The first-order valence-electron chi connectivity index (χ1n) is 6.47. The Morgan fingerprint density at radius 2 is 1.95 bits per heavy atom. The lowest BCUT2D eigenvalue weighted by Crippen LogP contribution is -2.08. The minimum Gasteiger partial charge on any atom is -0.327 e. The van der Waals surface area contributed by atoms with Crippen molar-refractivity contribution in [3.05, 3.63) is 46.0 Å². The molecular formula is C14H13Cl3N4. The summed E-state index contributed by atoms with van der Waals surface area (Å²) in [4.78, 5) is 4.52. The molecule has 0 bridgehead atoms. The topological polar surface area (TPSA) is 35.6 Å². The summed E-state index contributed by atoms with van der Waals surface area (Å²) in [5, 5.41) is 5.20. The van der Waals surface area contributed by atoms with E-state index in [1.165, 1.54) is 0 Å². The highest BCUT2D eigenvalue weighted by atomic mass is 35.5. The molecule has 21 heavy (non-hydrogen) atoms. The van der Waals surface area contributed by atoms with Crippen LogP contribution in [0.4, 0.5) is 0 Å². The number of hydrogen-bond acceptors (Lipinski definition) is 2. The summed E-state index contributed by atoms with van der Waals surface area (Å²) >= 11 is 18.2. The van der Waals surface area contributed by atoms with E-state index in [0.717, 1.165) is 35.5 Å². The number of imidazole rings is 1. The van der Waals surface area contributed by atoms with Gasteiger partial charge in [-0.3, -0.25) is 4.68 Å². The van der Waals surface area contributed by atoms with Crippen LogP contribution in [0.15, 0.2) is 24.4 Å². The number of aromatic nitrogens is 4. The third-order valence-electron chi connectivity index (χ3n) is 3.50. The van der Waals surface area contributed by atoms with Gasteiger partial charge in [0.15, 0.2) is 0 Å². The van der Waals surface area contributed by atoms with Gasteiger partial charge in [-0.1, -0.05) is 23.2 Å². The molecule has 1 aromatic carbocycles. The van der Waals surface area contributed by atoms with Crippen LogP contribution < -0.4 is 0 Å². The second kappa shape index (κ2) is 5.87. The van der Waals surface area contributed by atoms with Crippen molar-refractivity contribution in [2.45, 2.75) is 18.8 Å². The molecule has 0 atom stereocenters. The normalized spacial score (nSPS) is 11.4. The SMILES string of the molecule is Cn1nccc1CCn1c(CCl)nc2cc(Cl)c(Cl)cc21. The highest BCUT2D eigenvalue weighted by molar-refractivity contribution is 6.42. The number of aryl methyl sites for hydroxylation is 3. The van der Waals surface area contributed by atoms with Gasteiger partial charge in [0.1, 0.15) is 5.82 Å². The Morgan fingerprint density at radius 3 is 2.62 bits per heavy atom. The third-order valence-corrected chi connectivity index (χ3v) is 4.46. The molecule has 0 saturated heterocycles. The van der Waals surface area contributed by atoms with E-state index in [4.69, 9.17) is 34.8 Å². The summed E-state index contributed by atoms with van der Waals surface area (Å²) in [5.41, 5.74) is 2.91. The molecule has 0 amide bonds. The lowest BCUT2D eigenvalue weighted by Gasteiger charge is -2.08. The second-order valence-corrected chi connectivity index (χ2v) is 5.85. The lowest BCUT2D eigenvalue weighted by molar-refractivity contribution is 0.634. The molecule has 0 radical (unpaired) electrons. The molecule has 0 unspecified atom stereocenters. The Bertz CT molecular complexity index is 791. The molecule has 0 N–H and O–H groups in total. The summed E-state index contributed by atoms with van der Waals surface area (Å²) in [7, 11) is 1.93. The summed E-state index contributed by atoms with van der Waals surface area (Å²) in [6, 6.07) is 5.62. The average Bonchev–Trinajstić information content (AvgIpc) is 3.01. The van der Waals surface area contributed by atoms with Crippen LogP contribution in [0.2, 0.25) is 10.0 Å². The van der Waals surface area contributed by atoms with Crippen LogP contribution in [-0.2, 0) is 25.9 Å². The van der Waals surface area contributed by atoms with Crippen molar-refractivity contribution in [2.24, 2.45) is 7.05 Å². The van der Waals surface area contributed by atoms with Gasteiger partial charge in [-0.25, -0.2) is 4.98 Å². The summed E-state index contributed by atoms with van der Waals surface area (Å²) < 4.78 is 3.95. The molecule has 4 nitrogen and oxygen atoms in total. The third kappa shape index (κ3) is 2.76. The average molecular weight is 344 g/mol. The molecule has 2 aromatic heterocycles. The van der Waals surface area contributed by atoms with Gasteiger partial charge in [-0.2, -0.15) is 5.10 Å². The zero-order valence-electron chi connectivity index (χ0n) is 11.4. The van der Waals surface area contributed by atoms with E-state index >= 15 is 0 Å². The maximum absolute atomic E-state index is 6.12. The predicted octanol–water partition coefficient (Wildman–Crippen LogP) is 4.06. The molecular weight excluding hydrogens is 331 g/mol.